The molecule has 6 nitrogen and oxygen atoms in total. The average molecular weight is 434 g/mol. The van der Waals surface area contributed by atoms with Crippen molar-refractivity contribution < 1.29 is 13.2 Å². The van der Waals surface area contributed by atoms with Gasteiger partial charge in [-0.25, -0.2) is 17.7 Å². The molecule has 1 N–H and O–H groups in total. The summed E-state index contributed by atoms with van der Waals surface area (Å²) in [5.41, 5.74) is 0.991. The Bertz CT molecular complexity index is 974. The predicted octanol–water partition coefficient (Wildman–Crippen LogP) is 3.28. The number of hydrogen-bond donors (Lipinski definition) is 1. The van der Waals surface area contributed by atoms with Crippen LogP contribution in [0.1, 0.15) is 43.5 Å². The molecular weight excluding hydrogens is 406 g/mol. The van der Waals surface area contributed by atoms with Gasteiger partial charge in [-0.15, -0.1) is 11.3 Å². The van der Waals surface area contributed by atoms with Gasteiger partial charge in [0.15, 0.2) is 0 Å². The normalized spacial score (nSPS) is 24.0. The van der Waals surface area contributed by atoms with Gasteiger partial charge in [-0.05, 0) is 44.7 Å². The Labute approximate surface area is 176 Å². The van der Waals surface area contributed by atoms with E-state index in [4.69, 9.17) is 4.98 Å². The largest absolute Gasteiger partial charge is 0.353 e. The number of aromatic nitrogens is 1. The highest BCUT2D eigenvalue weighted by Gasteiger charge is 2.34. The molecule has 0 spiro atoms. The van der Waals surface area contributed by atoms with E-state index in [0.29, 0.717) is 25.9 Å². The van der Waals surface area contributed by atoms with Crippen molar-refractivity contribution in [2.75, 3.05) is 18.8 Å². The smallest absolute Gasteiger partial charge is 0.224 e. The lowest BCUT2D eigenvalue weighted by Gasteiger charge is -2.33. The van der Waals surface area contributed by atoms with Gasteiger partial charge in [-0.3, -0.25) is 4.79 Å². The van der Waals surface area contributed by atoms with Gasteiger partial charge in [0.25, 0.3) is 0 Å². The van der Waals surface area contributed by atoms with Crippen LogP contribution in [0.3, 0.4) is 0 Å². The number of amides is 1. The maximum Gasteiger partial charge on any atom is 0.224 e. The minimum Gasteiger partial charge on any atom is -0.353 e. The summed E-state index contributed by atoms with van der Waals surface area (Å²) in [7, 11) is -3.15. The summed E-state index contributed by atoms with van der Waals surface area (Å²) in [4.78, 5) is 17.9. The lowest BCUT2D eigenvalue weighted by molar-refractivity contribution is -0.126. The van der Waals surface area contributed by atoms with Crippen molar-refractivity contribution in [3.05, 3.63) is 41.4 Å². The Morgan fingerprint density at radius 3 is 2.66 bits per heavy atom. The number of rotatable bonds is 5. The Morgan fingerprint density at radius 1 is 1.21 bits per heavy atom. The van der Waals surface area contributed by atoms with Crippen molar-refractivity contribution in [3.63, 3.8) is 0 Å². The van der Waals surface area contributed by atoms with Gasteiger partial charge in [0, 0.05) is 25.0 Å². The van der Waals surface area contributed by atoms with E-state index in [1.807, 2.05) is 18.2 Å². The highest BCUT2D eigenvalue weighted by Crippen LogP contribution is 2.38. The van der Waals surface area contributed by atoms with Gasteiger partial charge in [0.2, 0.25) is 15.9 Å². The first-order valence-electron chi connectivity index (χ1n) is 10.3. The van der Waals surface area contributed by atoms with Crippen LogP contribution in [0.4, 0.5) is 0 Å². The van der Waals surface area contributed by atoms with E-state index < -0.39 is 10.0 Å². The molecule has 1 aliphatic heterocycles. The Kier molecular flexibility index (Phi) is 6.03. The molecule has 1 aromatic carbocycles. The maximum absolute atomic E-state index is 13.1. The lowest BCUT2D eigenvalue weighted by atomic mass is 9.82. The molecule has 1 aromatic heterocycles. The number of thiazole rings is 1. The quantitative estimate of drug-likeness (QED) is 0.734. The fourth-order valence-corrected chi connectivity index (χ4v) is 6.47. The van der Waals surface area contributed by atoms with Crippen LogP contribution < -0.4 is 5.32 Å². The average Bonchev–Trinajstić information content (AvgIpc) is 3.18. The highest BCUT2D eigenvalue weighted by atomic mass is 32.2. The number of nitrogens with one attached hydrogen (secondary N) is 1. The fraction of sp³-hybridized carbons (Fsp3) is 0.524. The minimum absolute atomic E-state index is 0.0349. The number of benzene rings is 1. The number of carbonyl (C=O) groups is 1. The van der Waals surface area contributed by atoms with Gasteiger partial charge in [-0.1, -0.05) is 24.3 Å². The summed E-state index contributed by atoms with van der Waals surface area (Å²) in [6.07, 6.45) is 7.11. The van der Waals surface area contributed by atoms with E-state index in [0.717, 1.165) is 28.1 Å². The zero-order chi connectivity index (χ0) is 20.4. The molecule has 1 fully saturated rings. The van der Waals surface area contributed by atoms with Gasteiger partial charge >= 0.3 is 0 Å². The summed E-state index contributed by atoms with van der Waals surface area (Å²) in [6, 6.07) is 8.12. The second-order valence-electron chi connectivity index (χ2n) is 7.76. The monoisotopic (exact) mass is 433 g/mol. The number of nitrogens with zero attached hydrogens (tertiary/aromatic N) is 2. The third kappa shape index (κ3) is 4.39. The molecule has 4 rings (SSSR count). The van der Waals surface area contributed by atoms with E-state index in [1.165, 1.54) is 0 Å². The Morgan fingerprint density at radius 2 is 1.93 bits per heavy atom. The molecule has 0 saturated carbocycles. The molecule has 156 valence electrons. The van der Waals surface area contributed by atoms with E-state index in [-0.39, 0.29) is 29.5 Å². The van der Waals surface area contributed by atoms with Crippen LogP contribution in [0.15, 0.2) is 36.4 Å². The van der Waals surface area contributed by atoms with Crippen molar-refractivity contribution in [3.8, 4) is 0 Å². The third-order valence-corrected chi connectivity index (χ3v) is 9.01. The number of sulfonamides is 1. The molecule has 1 amide bonds. The second kappa shape index (κ2) is 8.53. The van der Waals surface area contributed by atoms with Gasteiger partial charge in [0.1, 0.15) is 0 Å². The standard InChI is InChI=1S/C21H27N3O3S2/c1-2-29(26,27)24-13-11-15(12-14-24)22-20(25)16-7-3-4-8-17(16)21-23-18-9-5-6-10-19(18)28-21/h3-6,9-10,15-17H,2,7-8,11-14H2,1H3,(H,22,25)/t16-,17+/m1/s1. The van der Waals surface area contributed by atoms with Gasteiger partial charge in [-0.2, -0.15) is 0 Å². The molecule has 2 aromatic rings. The van der Waals surface area contributed by atoms with Crippen molar-refractivity contribution in [2.24, 2.45) is 5.92 Å². The number of para-hydroxylation sites is 1. The van der Waals surface area contributed by atoms with Crippen LogP contribution >= 0.6 is 11.3 Å². The fourth-order valence-electron chi connectivity index (χ4n) is 4.19. The van der Waals surface area contributed by atoms with Crippen molar-refractivity contribution in [2.45, 2.75) is 44.6 Å². The molecular formula is C21H27N3O3S2. The minimum atomic E-state index is -3.15. The lowest BCUT2D eigenvalue weighted by Crippen LogP contribution is -2.48. The molecule has 0 bridgehead atoms. The molecule has 0 radical (unpaired) electrons. The van der Waals surface area contributed by atoms with Crippen LogP contribution in [-0.4, -0.2) is 48.5 Å². The Balaban J connectivity index is 1.43. The molecule has 29 heavy (non-hydrogen) atoms. The summed E-state index contributed by atoms with van der Waals surface area (Å²) < 4.78 is 26.8. The summed E-state index contributed by atoms with van der Waals surface area (Å²) in [5, 5.41) is 4.22. The number of carbonyl (C=O) groups excluding carboxylic acids is 1. The first-order valence-corrected chi connectivity index (χ1v) is 12.7. The Hall–Kier alpha value is -1.77. The van der Waals surface area contributed by atoms with E-state index >= 15 is 0 Å². The first kappa shape index (κ1) is 20.5. The van der Waals surface area contributed by atoms with Crippen LogP contribution in [-0.2, 0) is 14.8 Å². The first-order chi connectivity index (χ1) is 14.0. The summed E-state index contributed by atoms with van der Waals surface area (Å²) >= 11 is 1.68. The zero-order valence-electron chi connectivity index (χ0n) is 16.6. The van der Waals surface area contributed by atoms with Crippen molar-refractivity contribution in [1.82, 2.24) is 14.6 Å². The van der Waals surface area contributed by atoms with Crippen LogP contribution in [0, 0.1) is 5.92 Å². The molecule has 1 aliphatic carbocycles. The summed E-state index contributed by atoms with van der Waals surface area (Å²) in [5.74, 6) is 0.161. The number of fused-ring (bicyclic) bond motifs is 1. The molecule has 1 saturated heterocycles. The van der Waals surface area contributed by atoms with Crippen molar-refractivity contribution in [1.29, 1.82) is 0 Å². The number of piperidine rings is 1. The van der Waals surface area contributed by atoms with Crippen LogP contribution in [0.25, 0.3) is 10.2 Å². The van der Waals surface area contributed by atoms with Gasteiger partial charge < -0.3 is 5.32 Å². The number of hydrogen-bond acceptors (Lipinski definition) is 5. The maximum atomic E-state index is 13.1. The van der Waals surface area contributed by atoms with E-state index in [9.17, 15) is 13.2 Å². The second-order valence-corrected chi connectivity index (χ2v) is 11.1. The molecule has 8 heteroatoms. The van der Waals surface area contributed by atoms with Crippen LogP contribution in [0.2, 0.25) is 0 Å². The number of allylic oxidation sites excluding steroid dienone is 2. The van der Waals surface area contributed by atoms with Crippen molar-refractivity contribution >= 4 is 37.5 Å². The SMILES string of the molecule is CCS(=O)(=O)N1CCC(NC(=O)[C@@H]2CC=CC[C@@H]2c2nc3ccccc3s2)CC1. The molecule has 2 atom stereocenters. The third-order valence-electron chi connectivity index (χ3n) is 5.96. The molecule has 0 unspecified atom stereocenters. The van der Waals surface area contributed by atoms with E-state index in [2.05, 4.69) is 23.5 Å². The van der Waals surface area contributed by atoms with Gasteiger partial charge in [0.05, 0.1) is 26.9 Å². The molecule has 2 aliphatic rings. The van der Waals surface area contributed by atoms with E-state index in [1.54, 1.807) is 22.6 Å². The highest BCUT2D eigenvalue weighted by molar-refractivity contribution is 7.89. The molecule has 2 heterocycles. The van der Waals surface area contributed by atoms with Crippen LogP contribution in [0.5, 0.6) is 0 Å². The summed E-state index contributed by atoms with van der Waals surface area (Å²) in [6.45, 7) is 2.63. The topological polar surface area (TPSA) is 79.4 Å². The predicted molar refractivity (Wildman–Crippen MR) is 116 cm³/mol. The zero-order valence-corrected chi connectivity index (χ0v) is 18.2.